The third kappa shape index (κ3) is 6.01. The lowest BCUT2D eigenvalue weighted by Gasteiger charge is -2.41. The summed E-state index contributed by atoms with van der Waals surface area (Å²) in [7, 11) is -3.75. The van der Waals surface area contributed by atoms with Crippen LogP contribution < -0.4 is 10.8 Å². The number of hydrogen-bond acceptors (Lipinski definition) is 7. The maximum Gasteiger partial charge on any atom is 0.409 e. The van der Waals surface area contributed by atoms with Crippen molar-refractivity contribution in [2.24, 2.45) is 5.41 Å². The number of nitrogens with one attached hydrogen (secondary N) is 2. The van der Waals surface area contributed by atoms with Crippen LogP contribution >= 0.6 is 0 Å². The molecule has 0 radical (unpaired) electrons. The van der Waals surface area contributed by atoms with Crippen molar-refractivity contribution in [3.8, 4) is 0 Å². The van der Waals surface area contributed by atoms with Crippen LogP contribution in [0.15, 0.2) is 30.3 Å². The second-order valence-corrected chi connectivity index (χ2v) is 12.7. The van der Waals surface area contributed by atoms with Gasteiger partial charge in [0.05, 0.1) is 11.2 Å². The van der Waals surface area contributed by atoms with Gasteiger partial charge < -0.3 is 15.0 Å². The smallest absolute Gasteiger partial charge is 0.409 e. The van der Waals surface area contributed by atoms with Crippen LogP contribution in [0, 0.1) is 5.41 Å². The normalized spacial score (nSPS) is 25.4. The summed E-state index contributed by atoms with van der Waals surface area (Å²) in [5.74, 6) is -0.808. The van der Waals surface area contributed by atoms with Crippen LogP contribution in [0.1, 0.15) is 56.9 Å². The van der Waals surface area contributed by atoms with E-state index in [0.29, 0.717) is 19.0 Å². The first-order chi connectivity index (χ1) is 17.2. The predicted octanol–water partition coefficient (Wildman–Crippen LogP) is 2.06. The number of amides is 2. The average molecular weight is 523 g/mol. The lowest BCUT2D eigenvalue weighted by atomic mass is 9.79. The molecule has 200 valence electrons. The number of benzene rings is 1. The van der Waals surface area contributed by atoms with Gasteiger partial charge in [-0.05, 0) is 63.5 Å². The fourth-order valence-corrected chi connectivity index (χ4v) is 7.77. The molecule has 11 heteroatoms. The molecule has 3 heterocycles. The fraction of sp³-hybridized carbons (Fsp3) is 0.680. The SMILES string of the molecule is C[C@@]1(COC(=O)N2CCC(CS(=O)(=O)N3CCC(c4ccccc4)CC3)(C(=O)NO)CC2)CCCN1. The van der Waals surface area contributed by atoms with Gasteiger partial charge in [-0.2, -0.15) is 0 Å². The molecule has 3 N–H and O–H groups in total. The number of piperidine rings is 2. The molecule has 2 amide bonds. The van der Waals surface area contributed by atoms with Gasteiger partial charge in [0.1, 0.15) is 6.61 Å². The van der Waals surface area contributed by atoms with Gasteiger partial charge in [0.2, 0.25) is 10.0 Å². The Morgan fingerprint density at radius 1 is 1.11 bits per heavy atom. The van der Waals surface area contributed by atoms with Crippen molar-refractivity contribution < 1.29 is 28.0 Å². The second-order valence-electron chi connectivity index (χ2n) is 10.7. The van der Waals surface area contributed by atoms with Crippen LogP contribution in [0.3, 0.4) is 0 Å². The summed E-state index contributed by atoms with van der Waals surface area (Å²) in [6.07, 6.45) is 3.20. The molecule has 0 aromatic heterocycles. The number of carbonyl (C=O) groups excluding carboxylic acids is 2. The molecule has 1 aromatic carbocycles. The number of rotatable bonds is 7. The van der Waals surface area contributed by atoms with Crippen LogP contribution in [0.2, 0.25) is 0 Å². The van der Waals surface area contributed by atoms with Crippen LogP contribution in [0.25, 0.3) is 0 Å². The number of ether oxygens (including phenoxy) is 1. The van der Waals surface area contributed by atoms with Gasteiger partial charge in [-0.25, -0.2) is 23.0 Å². The highest BCUT2D eigenvalue weighted by atomic mass is 32.2. The highest BCUT2D eigenvalue weighted by molar-refractivity contribution is 7.89. The van der Waals surface area contributed by atoms with Gasteiger partial charge in [0, 0.05) is 31.7 Å². The van der Waals surface area contributed by atoms with Gasteiger partial charge in [-0.15, -0.1) is 0 Å². The van der Waals surface area contributed by atoms with Crippen LogP contribution in [0.5, 0.6) is 0 Å². The minimum Gasteiger partial charge on any atom is -0.447 e. The molecule has 3 aliphatic heterocycles. The van der Waals surface area contributed by atoms with Gasteiger partial charge >= 0.3 is 6.09 Å². The second kappa shape index (κ2) is 11.0. The number of likely N-dealkylation sites (tertiary alicyclic amines) is 1. The average Bonchev–Trinajstić information content (AvgIpc) is 3.34. The predicted molar refractivity (Wildman–Crippen MR) is 134 cm³/mol. The van der Waals surface area contributed by atoms with E-state index in [-0.39, 0.29) is 38.1 Å². The van der Waals surface area contributed by atoms with Gasteiger partial charge in [-0.1, -0.05) is 30.3 Å². The maximum absolute atomic E-state index is 13.4. The molecule has 0 saturated carbocycles. The molecule has 3 saturated heterocycles. The Morgan fingerprint density at radius 3 is 2.36 bits per heavy atom. The first-order valence-corrected chi connectivity index (χ1v) is 14.4. The molecule has 0 spiro atoms. The highest BCUT2D eigenvalue weighted by Crippen LogP contribution is 2.36. The molecular formula is C25H38N4O6S. The van der Waals surface area contributed by atoms with Crippen molar-refractivity contribution >= 4 is 22.0 Å². The van der Waals surface area contributed by atoms with E-state index in [2.05, 4.69) is 17.4 Å². The summed E-state index contributed by atoms with van der Waals surface area (Å²) >= 11 is 0. The van der Waals surface area contributed by atoms with Crippen molar-refractivity contribution in [2.45, 2.75) is 56.9 Å². The van der Waals surface area contributed by atoms with E-state index < -0.39 is 33.2 Å². The van der Waals surface area contributed by atoms with Crippen molar-refractivity contribution in [1.29, 1.82) is 0 Å². The van der Waals surface area contributed by atoms with E-state index in [1.165, 1.54) is 14.8 Å². The summed E-state index contributed by atoms with van der Waals surface area (Å²) in [5, 5.41) is 12.8. The summed E-state index contributed by atoms with van der Waals surface area (Å²) in [4.78, 5) is 26.9. The first kappa shape index (κ1) is 26.8. The number of hydroxylamine groups is 1. The Kier molecular flexibility index (Phi) is 8.23. The standard InChI is InChI=1S/C25H38N4O6S/c1-24(10-5-13-26-24)18-35-23(31)28-16-11-25(12-17-28,22(30)27-32)19-36(33,34)29-14-8-21(9-15-29)20-6-3-2-4-7-20/h2-4,6-7,21,26,32H,5,8-19H2,1H3,(H,27,30)/t24-/m0/s1. The van der Waals surface area contributed by atoms with Gasteiger partial charge in [0.15, 0.2) is 0 Å². The lowest BCUT2D eigenvalue weighted by molar-refractivity contribution is -0.141. The molecule has 10 nitrogen and oxygen atoms in total. The Bertz CT molecular complexity index is 1010. The summed E-state index contributed by atoms with van der Waals surface area (Å²) < 4.78 is 33.7. The van der Waals surface area contributed by atoms with Crippen molar-refractivity contribution in [3.63, 3.8) is 0 Å². The Balaban J connectivity index is 1.35. The number of nitrogens with zero attached hydrogens (tertiary/aromatic N) is 2. The lowest BCUT2D eigenvalue weighted by Crippen LogP contribution is -2.55. The third-order valence-electron chi connectivity index (χ3n) is 8.11. The van der Waals surface area contributed by atoms with E-state index in [0.717, 1.165) is 32.2 Å². The minimum atomic E-state index is -3.75. The molecule has 1 aromatic rings. The van der Waals surface area contributed by atoms with E-state index in [1.54, 1.807) is 5.48 Å². The third-order valence-corrected chi connectivity index (χ3v) is 10.2. The van der Waals surface area contributed by atoms with Crippen molar-refractivity contribution in [1.82, 2.24) is 20.0 Å². The van der Waals surface area contributed by atoms with Crippen LogP contribution in [-0.2, 0) is 19.6 Å². The molecule has 36 heavy (non-hydrogen) atoms. The molecule has 3 fully saturated rings. The quantitative estimate of drug-likeness (QED) is 0.369. The minimum absolute atomic E-state index is 0.129. The Hall–Kier alpha value is -2.21. The molecule has 0 unspecified atom stereocenters. The first-order valence-electron chi connectivity index (χ1n) is 12.8. The monoisotopic (exact) mass is 522 g/mol. The zero-order valence-corrected chi connectivity index (χ0v) is 21.8. The molecule has 0 bridgehead atoms. The van der Waals surface area contributed by atoms with Crippen molar-refractivity contribution in [3.05, 3.63) is 35.9 Å². The Morgan fingerprint density at radius 2 is 1.78 bits per heavy atom. The molecule has 1 atom stereocenters. The maximum atomic E-state index is 13.4. The number of carbonyl (C=O) groups is 2. The van der Waals surface area contributed by atoms with E-state index in [9.17, 15) is 23.2 Å². The summed E-state index contributed by atoms with van der Waals surface area (Å²) in [6, 6.07) is 10.1. The van der Waals surface area contributed by atoms with Gasteiger partial charge in [0.25, 0.3) is 5.91 Å². The topological polar surface area (TPSA) is 128 Å². The highest BCUT2D eigenvalue weighted by Gasteiger charge is 2.47. The number of hydrogen-bond donors (Lipinski definition) is 3. The molecule has 3 aliphatic rings. The summed E-state index contributed by atoms with van der Waals surface area (Å²) in [6.45, 7) is 4.33. The Labute approximate surface area is 213 Å². The zero-order valence-electron chi connectivity index (χ0n) is 20.9. The van der Waals surface area contributed by atoms with Gasteiger partial charge in [-0.3, -0.25) is 10.0 Å². The zero-order chi connectivity index (χ0) is 25.8. The largest absolute Gasteiger partial charge is 0.447 e. The van der Waals surface area contributed by atoms with Crippen molar-refractivity contribution in [2.75, 3.05) is 45.1 Å². The van der Waals surface area contributed by atoms with Crippen LogP contribution in [0.4, 0.5) is 4.79 Å². The molecular weight excluding hydrogens is 484 g/mol. The molecule has 4 rings (SSSR count). The fourth-order valence-electron chi connectivity index (χ4n) is 5.70. The van der Waals surface area contributed by atoms with E-state index >= 15 is 0 Å². The summed E-state index contributed by atoms with van der Waals surface area (Å²) in [5.41, 5.74) is 1.35. The molecule has 0 aliphatic carbocycles. The number of sulfonamides is 1. The van der Waals surface area contributed by atoms with E-state index in [4.69, 9.17) is 4.74 Å². The van der Waals surface area contributed by atoms with Crippen LogP contribution in [-0.4, -0.2) is 85.5 Å². The van der Waals surface area contributed by atoms with E-state index in [1.807, 2.05) is 25.1 Å².